The summed E-state index contributed by atoms with van der Waals surface area (Å²) in [6, 6.07) is 7.21. The number of aromatic nitrogens is 2. The molecule has 146 valence electrons. The summed E-state index contributed by atoms with van der Waals surface area (Å²) in [6.45, 7) is 1.69. The van der Waals surface area contributed by atoms with Crippen LogP contribution >= 0.6 is 0 Å². The number of carbonyl (C=O) groups excluding carboxylic acids is 1. The molecule has 1 fully saturated rings. The van der Waals surface area contributed by atoms with Crippen LogP contribution in [0.1, 0.15) is 22.5 Å². The van der Waals surface area contributed by atoms with Crippen LogP contribution in [0.15, 0.2) is 34.9 Å². The molecule has 1 amide bonds. The Balaban J connectivity index is 1.82. The summed E-state index contributed by atoms with van der Waals surface area (Å²) < 4.78 is 43.1. The van der Waals surface area contributed by atoms with Gasteiger partial charge in [0.2, 0.25) is 0 Å². The number of nitrogens with zero attached hydrogens (tertiary/aromatic N) is 3. The number of sulfone groups is 1. The molecule has 7 nitrogen and oxygen atoms in total. The summed E-state index contributed by atoms with van der Waals surface area (Å²) in [6.07, 6.45) is 0.390. The maximum Gasteiger partial charge on any atom is 0.259 e. The van der Waals surface area contributed by atoms with Gasteiger partial charge in [0.25, 0.3) is 11.6 Å². The van der Waals surface area contributed by atoms with Crippen LogP contribution < -0.4 is 0 Å². The number of halogens is 1. The van der Waals surface area contributed by atoms with Gasteiger partial charge in [0.1, 0.15) is 5.82 Å². The number of hydrogen-bond acceptors (Lipinski definition) is 6. The highest BCUT2D eigenvalue weighted by Crippen LogP contribution is 2.30. The van der Waals surface area contributed by atoms with E-state index in [1.165, 1.54) is 17.0 Å². The third kappa shape index (κ3) is 3.15. The van der Waals surface area contributed by atoms with Gasteiger partial charge >= 0.3 is 0 Å². The number of pyridine rings is 1. The SMILES string of the molecule is Cc1noc2nc(-c3ccccc3F)cc(C(=O)N(C)[C@H]3CCS(=O)(=O)C3)c12. The van der Waals surface area contributed by atoms with Crippen LogP contribution in [0.4, 0.5) is 4.39 Å². The van der Waals surface area contributed by atoms with E-state index in [0.717, 1.165) is 0 Å². The fourth-order valence-electron chi connectivity index (χ4n) is 3.51. The highest BCUT2D eigenvalue weighted by atomic mass is 32.2. The molecule has 1 saturated heterocycles. The fraction of sp³-hybridized carbons (Fsp3) is 0.316. The third-order valence-corrected chi connectivity index (χ3v) is 6.82. The minimum Gasteiger partial charge on any atom is -0.338 e. The monoisotopic (exact) mass is 403 g/mol. The molecule has 0 saturated carbocycles. The highest BCUT2D eigenvalue weighted by molar-refractivity contribution is 7.91. The van der Waals surface area contributed by atoms with Gasteiger partial charge in [-0.2, -0.15) is 0 Å². The van der Waals surface area contributed by atoms with Crippen molar-refractivity contribution < 1.29 is 22.1 Å². The highest BCUT2D eigenvalue weighted by Gasteiger charge is 2.34. The second-order valence-corrected chi connectivity index (χ2v) is 9.18. The minimum absolute atomic E-state index is 0.0632. The Morgan fingerprint density at radius 3 is 2.75 bits per heavy atom. The van der Waals surface area contributed by atoms with E-state index in [-0.39, 0.29) is 39.9 Å². The molecule has 1 aliphatic heterocycles. The van der Waals surface area contributed by atoms with Gasteiger partial charge in [-0.15, -0.1) is 0 Å². The lowest BCUT2D eigenvalue weighted by Gasteiger charge is -2.24. The van der Waals surface area contributed by atoms with Gasteiger partial charge in [-0.3, -0.25) is 4.79 Å². The second-order valence-electron chi connectivity index (χ2n) is 6.96. The van der Waals surface area contributed by atoms with Crippen LogP contribution in [0.2, 0.25) is 0 Å². The molecule has 3 aromatic rings. The number of amides is 1. The van der Waals surface area contributed by atoms with E-state index in [1.54, 1.807) is 32.2 Å². The maximum atomic E-state index is 14.3. The van der Waals surface area contributed by atoms with Crippen molar-refractivity contribution >= 4 is 26.8 Å². The maximum absolute atomic E-state index is 14.3. The van der Waals surface area contributed by atoms with Crippen molar-refractivity contribution in [1.29, 1.82) is 0 Å². The van der Waals surface area contributed by atoms with Gasteiger partial charge in [-0.25, -0.2) is 17.8 Å². The second kappa shape index (κ2) is 6.66. The lowest BCUT2D eigenvalue weighted by Crippen LogP contribution is -2.38. The number of aryl methyl sites for hydroxylation is 1. The van der Waals surface area contributed by atoms with E-state index in [1.807, 2.05) is 0 Å². The Hall–Kier alpha value is -2.81. The molecule has 4 rings (SSSR count). The van der Waals surface area contributed by atoms with Crippen molar-refractivity contribution in [3.8, 4) is 11.3 Å². The first-order valence-corrected chi connectivity index (χ1v) is 10.6. The van der Waals surface area contributed by atoms with Crippen molar-refractivity contribution in [3.05, 3.63) is 47.4 Å². The number of benzene rings is 1. The fourth-order valence-corrected chi connectivity index (χ4v) is 5.28. The van der Waals surface area contributed by atoms with Crippen molar-refractivity contribution in [2.75, 3.05) is 18.6 Å². The van der Waals surface area contributed by atoms with Crippen LogP contribution in [0.5, 0.6) is 0 Å². The van der Waals surface area contributed by atoms with Crippen molar-refractivity contribution in [3.63, 3.8) is 0 Å². The lowest BCUT2D eigenvalue weighted by atomic mass is 10.0. The van der Waals surface area contributed by atoms with Crippen molar-refractivity contribution in [2.24, 2.45) is 0 Å². The number of rotatable bonds is 3. The summed E-state index contributed by atoms with van der Waals surface area (Å²) in [5.41, 5.74) is 1.36. The molecule has 1 aromatic carbocycles. The number of fused-ring (bicyclic) bond motifs is 1. The first-order chi connectivity index (χ1) is 13.3. The van der Waals surface area contributed by atoms with E-state index < -0.39 is 21.7 Å². The average Bonchev–Trinajstić information content (AvgIpc) is 3.22. The molecule has 0 unspecified atom stereocenters. The first kappa shape index (κ1) is 18.5. The van der Waals surface area contributed by atoms with Crippen LogP contribution in [0, 0.1) is 12.7 Å². The average molecular weight is 403 g/mol. The summed E-state index contributed by atoms with van der Waals surface area (Å²) in [7, 11) is -1.56. The summed E-state index contributed by atoms with van der Waals surface area (Å²) in [5, 5.41) is 4.32. The predicted molar refractivity (Wildman–Crippen MR) is 101 cm³/mol. The Morgan fingerprint density at radius 1 is 1.32 bits per heavy atom. The molecular formula is C19H18FN3O4S. The zero-order valence-corrected chi connectivity index (χ0v) is 16.2. The van der Waals surface area contributed by atoms with Gasteiger partial charge in [-0.05, 0) is 31.5 Å². The van der Waals surface area contributed by atoms with Gasteiger partial charge in [0.05, 0.1) is 33.8 Å². The Morgan fingerprint density at radius 2 is 2.07 bits per heavy atom. The van der Waals surface area contributed by atoms with E-state index in [0.29, 0.717) is 17.5 Å². The van der Waals surface area contributed by atoms with E-state index >= 15 is 0 Å². The standard InChI is InChI=1S/C19H18FN3O4S/c1-11-17-14(19(24)23(2)12-7-8-28(25,26)10-12)9-16(21-18(17)27-22-11)13-5-3-4-6-15(13)20/h3-6,9,12H,7-8,10H2,1-2H3/t12-/m0/s1. The number of carbonyl (C=O) groups is 1. The molecule has 0 aliphatic carbocycles. The summed E-state index contributed by atoms with van der Waals surface area (Å²) >= 11 is 0. The molecule has 0 N–H and O–H groups in total. The molecule has 1 aliphatic rings. The zero-order valence-electron chi connectivity index (χ0n) is 15.3. The van der Waals surface area contributed by atoms with E-state index in [2.05, 4.69) is 10.1 Å². The van der Waals surface area contributed by atoms with E-state index in [9.17, 15) is 17.6 Å². The molecule has 0 radical (unpaired) electrons. The van der Waals surface area contributed by atoms with Crippen LogP contribution in [0.3, 0.4) is 0 Å². The summed E-state index contributed by atoms with van der Waals surface area (Å²) in [4.78, 5) is 19.0. The minimum atomic E-state index is -3.14. The van der Waals surface area contributed by atoms with Gasteiger partial charge in [0.15, 0.2) is 9.84 Å². The largest absolute Gasteiger partial charge is 0.338 e. The van der Waals surface area contributed by atoms with Gasteiger partial charge in [-0.1, -0.05) is 17.3 Å². The molecule has 2 aromatic heterocycles. The molecule has 9 heteroatoms. The zero-order chi connectivity index (χ0) is 20.1. The van der Waals surface area contributed by atoms with Crippen molar-refractivity contribution in [1.82, 2.24) is 15.0 Å². The quantitative estimate of drug-likeness (QED) is 0.667. The molecule has 3 heterocycles. The van der Waals surface area contributed by atoms with Crippen molar-refractivity contribution in [2.45, 2.75) is 19.4 Å². The molecular weight excluding hydrogens is 385 g/mol. The molecule has 0 bridgehead atoms. The Bertz CT molecular complexity index is 1190. The Kier molecular flexibility index (Phi) is 4.41. The molecule has 0 spiro atoms. The lowest BCUT2D eigenvalue weighted by molar-refractivity contribution is 0.0749. The van der Waals surface area contributed by atoms with Crippen LogP contribution in [0.25, 0.3) is 22.4 Å². The van der Waals surface area contributed by atoms with Crippen LogP contribution in [-0.4, -0.2) is 54.0 Å². The predicted octanol–water partition coefficient (Wildman–Crippen LogP) is 2.60. The smallest absolute Gasteiger partial charge is 0.259 e. The first-order valence-electron chi connectivity index (χ1n) is 8.76. The normalized spacial score (nSPS) is 18.5. The third-order valence-electron chi connectivity index (χ3n) is 5.07. The number of hydrogen-bond donors (Lipinski definition) is 0. The van der Waals surface area contributed by atoms with Crippen LogP contribution in [-0.2, 0) is 9.84 Å². The molecule has 28 heavy (non-hydrogen) atoms. The Labute approximate surface area is 161 Å². The summed E-state index contributed by atoms with van der Waals surface area (Å²) in [5.74, 6) is -0.849. The van der Waals surface area contributed by atoms with E-state index in [4.69, 9.17) is 4.52 Å². The van der Waals surface area contributed by atoms with Gasteiger partial charge in [0, 0.05) is 18.7 Å². The topological polar surface area (TPSA) is 93.4 Å². The van der Waals surface area contributed by atoms with Gasteiger partial charge < -0.3 is 9.42 Å². The molecule has 1 atom stereocenters.